The second-order valence-corrected chi connectivity index (χ2v) is 6.29. The highest BCUT2D eigenvalue weighted by Gasteiger charge is 2.28. The maximum absolute atomic E-state index is 12.7. The van der Waals surface area contributed by atoms with E-state index in [2.05, 4.69) is 5.32 Å². The third-order valence-electron chi connectivity index (χ3n) is 2.77. The first kappa shape index (κ1) is 18.6. The van der Waals surface area contributed by atoms with Crippen LogP contribution in [0.2, 0.25) is 0 Å². The van der Waals surface area contributed by atoms with Crippen molar-refractivity contribution in [3.63, 3.8) is 0 Å². The van der Waals surface area contributed by atoms with Gasteiger partial charge in [0.15, 0.2) is 0 Å². The van der Waals surface area contributed by atoms with E-state index in [1.54, 1.807) is 19.9 Å². The molecule has 0 bridgehead atoms. The maximum Gasteiger partial charge on any atom is 0.361 e. The largest absolute Gasteiger partial charge is 0.496 e. The molecule has 0 aliphatic carbocycles. The molecular weight excluding hydrogens is 307 g/mol. The summed E-state index contributed by atoms with van der Waals surface area (Å²) >= 11 is 0. The summed E-state index contributed by atoms with van der Waals surface area (Å²) in [6.45, 7) is 4.67. The summed E-state index contributed by atoms with van der Waals surface area (Å²) in [5.41, 5.74) is 5.69. The van der Waals surface area contributed by atoms with Crippen LogP contribution in [0, 0.1) is 0 Å². The van der Waals surface area contributed by atoms with Crippen LogP contribution in [0.15, 0.2) is 18.2 Å². The van der Waals surface area contributed by atoms with Crippen LogP contribution < -0.4 is 21.1 Å². The molecule has 124 valence electrons. The lowest BCUT2D eigenvalue weighted by Gasteiger charge is -2.18. The Labute approximate surface area is 130 Å². The molecule has 0 spiro atoms. The quantitative estimate of drug-likeness (QED) is 0.662. The summed E-state index contributed by atoms with van der Waals surface area (Å²) < 4.78 is 28.5. The first-order valence-corrected chi connectivity index (χ1v) is 8.62. The van der Waals surface area contributed by atoms with Crippen LogP contribution in [0.4, 0.5) is 0 Å². The lowest BCUT2D eigenvalue weighted by molar-refractivity contribution is 0.0951. The Morgan fingerprint density at radius 1 is 1.27 bits per heavy atom. The zero-order chi connectivity index (χ0) is 16.6. The van der Waals surface area contributed by atoms with E-state index < -0.39 is 7.60 Å². The van der Waals surface area contributed by atoms with Crippen molar-refractivity contribution in [2.45, 2.75) is 13.8 Å². The number of carbonyl (C=O) groups excluding carboxylic acids is 1. The van der Waals surface area contributed by atoms with Crippen molar-refractivity contribution in [2.75, 3.05) is 33.4 Å². The van der Waals surface area contributed by atoms with Crippen LogP contribution in [0.5, 0.6) is 5.75 Å². The van der Waals surface area contributed by atoms with Crippen LogP contribution in [0.1, 0.15) is 24.2 Å². The highest BCUT2D eigenvalue weighted by atomic mass is 31.2. The van der Waals surface area contributed by atoms with Gasteiger partial charge in [0.05, 0.1) is 31.2 Å². The molecule has 0 saturated heterocycles. The molecule has 1 rings (SSSR count). The molecule has 1 amide bonds. The van der Waals surface area contributed by atoms with Gasteiger partial charge in [0, 0.05) is 13.1 Å². The summed E-state index contributed by atoms with van der Waals surface area (Å²) in [5, 5.41) is 3.01. The van der Waals surface area contributed by atoms with Gasteiger partial charge in [0.2, 0.25) is 0 Å². The summed E-state index contributed by atoms with van der Waals surface area (Å²) in [4.78, 5) is 12.0. The minimum Gasteiger partial charge on any atom is -0.496 e. The van der Waals surface area contributed by atoms with Crippen molar-refractivity contribution in [2.24, 2.45) is 5.73 Å². The molecule has 0 aliphatic heterocycles. The van der Waals surface area contributed by atoms with Gasteiger partial charge in [-0.1, -0.05) is 0 Å². The van der Waals surface area contributed by atoms with E-state index >= 15 is 0 Å². The third kappa shape index (κ3) is 4.55. The molecule has 0 aromatic heterocycles. The Hall–Kier alpha value is -1.40. The Kier molecular flexibility index (Phi) is 7.55. The average molecular weight is 330 g/mol. The Morgan fingerprint density at radius 2 is 1.91 bits per heavy atom. The van der Waals surface area contributed by atoms with Gasteiger partial charge in [-0.15, -0.1) is 0 Å². The van der Waals surface area contributed by atoms with Crippen molar-refractivity contribution in [3.8, 4) is 5.75 Å². The molecule has 0 unspecified atom stereocenters. The van der Waals surface area contributed by atoms with Gasteiger partial charge < -0.3 is 24.8 Å². The summed E-state index contributed by atoms with van der Waals surface area (Å²) in [6, 6.07) is 4.58. The monoisotopic (exact) mass is 330 g/mol. The van der Waals surface area contributed by atoms with E-state index in [1.807, 2.05) is 0 Å². The van der Waals surface area contributed by atoms with Gasteiger partial charge in [-0.05, 0) is 32.0 Å². The second-order valence-electron chi connectivity index (χ2n) is 4.26. The van der Waals surface area contributed by atoms with Gasteiger partial charge in [-0.2, -0.15) is 0 Å². The van der Waals surface area contributed by atoms with Gasteiger partial charge >= 0.3 is 7.60 Å². The number of amides is 1. The Bertz CT molecular complexity index is 540. The average Bonchev–Trinajstić information content (AvgIpc) is 2.52. The number of carbonyl (C=O) groups is 1. The number of hydrogen-bond acceptors (Lipinski definition) is 6. The van der Waals surface area contributed by atoms with E-state index in [0.717, 1.165) is 0 Å². The lowest BCUT2D eigenvalue weighted by atomic mass is 10.2. The normalized spacial score (nSPS) is 11.3. The van der Waals surface area contributed by atoms with Crippen molar-refractivity contribution >= 4 is 18.8 Å². The lowest BCUT2D eigenvalue weighted by Crippen LogP contribution is -2.29. The van der Waals surface area contributed by atoms with Gasteiger partial charge in [0.1, 0.15) is 5.75 Å². The van der Waals surface area contributed by atoms with E-state index in [1.165, 1.54) is 19.2 Å². The maximum atomic E-state index is 12.7. The van der Waals surface area contributed by atoms with Crippen molar-refractivity contribution in [1.29, 1.82) is 0 Å². The zero-order valence-corrected chi connectivity index (χ0v) is 14.0. The van der Waals surface area contributed by atoms with E-state index in [-0.39, 0.29) is 19.1 Å². The number of nitrogens with two attached hydrogens (primary N) is 1. The molecule has 0 saturated carbocycles. The molecule has 0 radical (unpaired) electrons. The van der Waals surface area contributed by atoms with Crippen LogP contribution in [0.3, 0.4) is 0 Å². The Balaban J connectivity index is 3.15. The minimum atomic E-state index is -3.41. The Morgan fingerprint density at radius 3 is 2.41 bits per heavy atom. The van der Waals surface area contributed by atoms with Crippen molar-refractivity contribution < 1.29 is 23.1 Å². The molecule has 3 N–H and O–H groups in total. The fourth-order valence-electron chi connectivity index (χ4n) is 1.85. The fourth-order valence-corrected chi connectivity index (χ4v) is 3.43. The van der Waals surface area contributed by atoms with E-state index in [9.17, 15) is 9.36 Å². The minimum absolute atomic E-state index is 0.248. The van der Waals surface area contributed by atoms with Crippen LogP contribution in [-0.2, 0) is 13.6 Å². The van der Waals surface area contributed by atoms with Gasteiger partial charge in [-0.25, -0.2) is 0 Å². The molecular formula is C14H23N2O5P. The molecule has 1 aromatic carbocycles. The van der Waals surface area contributed by atoms with Crippen LogP contribution in [0.25, 0.3) is 0 Å². The van der Waals surface area contributed by atoms with Crippen LogP contribution in [-0.4, -0.2) is 39.3 Å². The molecule has 22 heavy (non-hydrogen) atoms. The van der Waals surface area contributed by atoms with Crippen molar-refractivity contribution in [3.05, 3.63) is 23.8 Å². The first-order valence-electron chi connectivity index (χ1n) is 7.08. The topological polar surface area (TPSA) is 99.9 Å². The highest BCUT2D eigenvalue weighted by Crippen LogP contribution is 2.47. The zero-order valence-electron chi connectivity index (χ0n) is 13.1. The number of ether oxygens (including phenoxy) is 1. The standard InChI is InChI=1S/C14H23N2O5P/c1-4-20-22(18,21-5-2)11-6-7-12(13(10-11)19-3)14(17)16-9-8-15/h6-7,10H,4-5,8-9,15H2,1-3H3,(H,16,17). The number of benzene rings is 1. The summed E-state index contributed by atoms with van der Waals surface area (Å²) in [6.07, 6.45) is 0. The fraction of sp³-hybridized carbons (Fsp3) is 0.500. The number of rotatable bonds is 9. The molecule has 0 fully saturated rings. The van der Waals surface area contributed by atoms with Crippen molar-refractivity contribution in [1.82, 2.24) is 5.32 Å². The van der Waals surface area contributed by atoms with E-state index in [0.29, 0.717) is 29.7 Å². The summed E-state index contributed by atoms with van der Waals surface area (Å²) in [5.74, 6) is -0.0110. The number of nitrogens with one attached hydrogen (secondary N) is 1. The highest BCUT2D eigenvalue weighted by molar-refractivity contribution is 7.62. The molecule has 0 aliphatic rings. The SMILES string of the molecule is CCOP(=O)(OCC)c1ccc(C(=O)NCCN)c(OC)c1. The molecule has 0 atom stereocenters. The summed E-state index contributed by atoms with van der Waals surface area (Å²) in [7, 11) is -1.98. The van der Waals surface area contributed by atoms with Gasteiger partial charge in [-0.3, -0.25) is 9.36 Å². The smallest absolute Gasteiger partial charge is 0.361 e. The van der Waals surface area contributed by atoms with Gasteiger partial charge in [0.25, 0.3) is 5.91 Å². The predicted molar refractivity (Wildman–Crippen MR) is 84.9 cm³/mol. The predicted octanol–water partition coefficient (Wildman–Crippen LogP) is 1.28. The molecule has 1 aromatic rings. The number of hydrogen-bond donors (Lipinski definition) is 2. The van der Waals surface area contributed by atoms with E-state index in [4.69, 9.17) is 19.5 Å². The first-order chi connectivity index (χ1) is 10.5. The van der Waals surface area contributed by atoms with Crippen LogP contribution >= 0.6 is 7.60 Å². The number of methoxy groups -OCH3 is 1. The third-order valence-corrected chi connectivity index (χ3v) is 4.88. The second kappa shape index (κ2) is 8.90. The molecule has 0 heterocycles. The molecule has 7 nitrogen and oxygen atoms in total. The molecule has 8 heteroatoms.